The molecule has 0 fully saturated rings. The molecule has 0 saturated carbocycles. The van der Waals surface area contributed by atoms with Crippen LogP contribution in [0.25, 0.3) is 0 Å². The molecule has 18 heavy (non-hydrogen) atoms. The van der Waals surface area contributed by atoms with Crippen molar-refractivity contribution >= 4 is 27.5 Å². The van der Waals surface area contributed by atoms with Crippen LogP contribution in [0.1, 0.15) is 18.1 Å². The van der Waals surface area contributed by atoms with E-state index in [1.165, 1.54) is 0 Å². The third kappa shape index (κ3) is 3.76. The van der Waals surface area contributed by atoms with Gasteiger partial charge in [0.25, 0.3) is 0 Å². The molecule has 0 aliphatic rings. The molecule has 0 radical (unpaired) electrons. The lowest BCUT2D eigenvalue weighted by Crippen LogP contribution is -2.08. The molecular weight excluding hydrogens is 312 g/mol. The lowest BCUT2D eigenvalue weighted by molar-refractivity contribution is 0.202. The van der Waals surface area contributed by atoms with E-state index in [-0.39, 0.29) is 6.10 Å². The molecule has 1 nitrogen and oxygen atoms in total. The molecule has 1 atom stereocenters. The molecular formula is C15H14BrClO. The molecule has 0 N–H and O–H groups in total. The van der Waals surface area contributed by atoms with Gasteiger partial charge in [-0.05, 0) is 29.8 Å². The van der Waals surface area contributed by atoms with E-state index in [1.54, 1.807) is 0 Å². The fourth-order valence-electron chi connectivity index (χ4n) is 1.74. The van der Waals surface area contributed by atoms with Crippen LogP contribution in [0.4, 0.5) is 0 Å². The lowest BCUT2D eigenvalue weighted by Gasteiger charge is -2.18. The summed E-state index contributed by atoms with van der Waals surface area (Å²) in [6.45, 7) is 0. The van der Waals surface area contributed by atoms with Crippen LogP contribution in [-0.4, -0.2) is 5.88 Å². The van der Waals surface area contributed by atoms with Crippen molar-refractivity contribution in [1.82, 2.24) is 0 Å². The lowest BCUT2D eigenvalue weighted by atomic mass is 10.1. The second kappa shape index (κ2) is 6.81. The molecule has 0 heterocycles. The van der Waals surface area contributed by atoms with E-state index in [4.69, 9.17) is 16.3 Å². The largest absolute Gasteiger partial charge is 0.486 e. The summed E-state index contributed by atoms with van der Waals surface area (Å²) in [5, 5.41) is 0. The van der Waals surface area contributed by atoms with Crippen molar-refractivity contribution in [2.75, 3.05) is 5.88 Å². The first kappa shape index (κ1) is 13.4. The molecule has 2 rings (SSSR count). The van der Waals surface area contributed by atoms with Crippen molar-refractivity contribution in [2.45, 2.75) is 12.5 Å². The van der Waals surface area contributed by atoms with E-state index in [1.807, 2.05) is 42.5 Å². The van der Waals surface area contributed by atoms with E-state index in [9.17, 15) is 0 Å². The Morgan fingerprint density at radius 3 is 2.28 bits per heavy atom. The monoisotopic (exact) mass is 324 g/mol. The Balaban J connectivity index is 2.14. The molecule has 2 aromatic rings. The third-order valence-corrected chi connectivity index (χ3v) is 3.38. The Morgan fingerprint density at radius 1 is 1.00 bits per heavy atom. The first-order chi connectivity index (χ1) is 8.79. The van der Waals surface area contributed by atoms with Crippen LogP contribution >= 0.6 is 27.5 Å². The minimum atomic E-state index is 0.00451. The van der Waals surface area contributed by atoms with Crippen LogP contribution in [0.2, 0.25) is 0 Å². The standard InChI is InChI=1S/C15H14BrClO/c16-13-6-8-14(9-7-13)18-15(10-11-17)12-4-2-1-3-5-12/h1-9,15H,10-11H2/t15-/m1/s1. The van der Waals surface area contributed by atoms with Crippen LogP contribution < -0.4 is 4.74 Å². The van der Waals surface area contributed by atoms with Crippen molar-refractivity contribution in [1.29, 1.82) is 0 Å². The van der Waals surface area contributed by atoms with E-state index in [2.05, 4.69) is 28.1 Å². The third-order valence-electron chi connectivity index (χ3n) is 2.63. The molecule has 94 valence electrons. The summed E-state index contributed by atoms with van der Waals surface area (Å²) in [6.07, 6.45) is 0.798. The molecule has 3 heteroatoms. The zero-order valence-corrected chi connectivity index (χ0v) is 12.2. The zero-order chi connectivity index (χ0) is 12.8. The van der Waals surface area contributed by atoms with Gasteiger partial charge in [0.05, 0.1) is 0 Å². The number of halogens is 2. The van der Waals surface area contributed by atoms with Crippen LogP contribution in [0.5, 0.6) is 5.75 Å². The summed E-state index contributed by atoms with van der Waals surface area (Å²) in [5.41, 5.74) is 1.15. The predicted octanol–water partition coefficient (Wildman–Crippen LogP) is 5.20. The number of ether oxygens (including phenoxy) is 1. The fraction of sp³-hybridized carbons (Fsp3) is 0.200. The number of hydrogen-bond acceptors (Lipinski definition) is 1. The predicted molar refractivity (Wildman–Crippen MR) is 79.3 cm³/mol. The molecule has 0 amide bonds. The maximum atomic E-state index is 5.99. The minimum absolute atomic E-state index is 0.00451. The van der Waals surface area contributed by atoms with Crippen LogP contribution in [0, 0.1) is 0 Å². The minimum Gasteiger partial charge on any atom is -0.486 e. The van der Waals surface area contributed by atoms with E-state index >= 15 is 0 Å². The van der Waals surface area contributed by atoms with Gasteiger partial charge in [-0.2, -0.15) is 0 Å². The molecule has 0 saturated heterocycles. The van der Waals surface area contributed by atoms with Gasteiger partial charge in [-0.1, -0.05) is 46.3 Å². The van der Waals surface area contributed by atoms with Gasteiger partial charge in [-0.15, -0.1) is 11.6 Å². The summed E-state index contributed by atoms with van der Waals surface area (Å²) in [5.74, 6) is 1.44. The summed E-state index contributed by atoms with van der Waals surface area (Å²) in [7, 11) is 0. The average Bonchev–Trinajstić information content (AvgIpc) is 2.42. The van der Waals surface area contributed by atoms with Gasteiger partial charge < -0.3 is 4.74 Å². The highest BCUT2D eigenvalue weighted by Crippen LogP contribution is 2.26. The van der Waals surface area contributed by atoms with Crippen molar-refractivity contribution in [2.24, 2.45) is 0 Å². The summed E-state index contributed by atoms with van der Waals surface area (Å²) in [6, 6.07) is 18.0. The fourth-order valence-corrected chi connectivity index (χ4v) is 2.20. The highest BCUT2D eigenvalue weighted by Gasteiger charge is 2.12. The molecule has 0 bridgehead atoms. The maximum absolute atomic E-state index is 5.99. The number of alkyl halides is 1. The normalized spacial score (nSPS) is 12.1. The number of hydrogen-bond donors (Lipinski definition) is 0. The zero-order valence-electron chi connectivity index (χ0n) is 9.85. The van der Waals surface area contributed by atoms with Crippen molar-refractivity contribution in [3.05, 3.63) is 64.6 Å². The molecule has 0 aliphatic carbocycles. The van der Waals surface area contributed by atoms with Crippen LogP contribution in [0.3, 0.4) is 0 Å². The van der Waals surface area contributed by atoms with Gasteiger partial charge >= 0.3 is 0 Å². The van der Waals surface area contributed by atoms with Crippen molar-refractivity contribution in [3.63, 3.8) is 0 Å². The highest BCUT2D eigenvalue weighted by atomic mass is 79.9. The van der Waals surface area contributed by atoms with Crippen LogP contribution in [0.15, 0.2) is 59.1 Å². The summed E-state index contributed by atoms with van der Waals surface area (Å²) >= 11 is 9.26. The summed E-state index contributed by atoms with van der Waals surface area (Å²) < 4.78 is 7.04. The van der Waals surface area contributed by atoms with Gasteiger partial charge in [-0.3, -0.25) is 0 Å². The van der Waals surface area contributed by atoms with E-state index in [0.717, 1.165) is 22.2 Å². The van der Waals surface area contributed by atoms with Gasteiger partial charge in [0, 0.05) is 16.8 Å². The van der Waals surface area contributed by atoms with Gasteiger partial charge in [0.15, 0.2) is 0 Å². The molecule has 2 aromatic carbocycles. The molecule has 0 aromatic heterocycles. The Hall–Kier alpha value is -0.990. The Kier molecular flexibility index (Phi) is 5.09. The smallest absolute Gasteiger partial charge is 0.125 e. The maximum Gasteiger partial charge on any atom is 0.125 e. The second-order valence-electron chi connectivity index (χ2n) is 3.95. The Morgan fingerprint density at radius 2 is 1.67 bits per heavy atom. The topological polar surface area (TPSA) is 9.23 Å². The van der Waals surface area contributed by atoms with Gasteiger partial charge in [0.2, 0.25) is 0 Å². The van der Waals surface area contributed by atoms with Crippen LogP contribution in [-0.2, 0) is 0 Å². The van der Waals surface area contributed by atoms with Crippen molar-refractivity contribution in [3.8, 4) is 5.75 Å². The first-order valence-electron chi connectivity index (χ1n) is 5.83. The molecule has 0 spiro atoms. The van der Waals surface area contributed by atoms with Gasteiger partial charge in [0.1, 0.15) is 11.9 Å². The van der Waals surface area contributed by atoms with E-state index in [0.29, 0.717) is 5.88 Å². The SMILES string of the molecule is ClCC[C@@H](Oc1ccc(Br)cc1)c1ccccc1. The quantitative estimate of drug-likeness (QED) is 0.687. The molecule has 0 aliphatic heterocycles. The molecule has 0 unspecified atom stereocenters. The Bertz CT molecular complexity index is 470. The highest BCUT2D eigenvalue weighted by molar-refractivity contribution is 9.10. The second-order valence-corrected chi connectivity index (χ2v) is 5.24. The Labute approximate surface area is 121 Å². The summed E-state index contributed by atoms with van der Waals surface area (Å²) in [4.78, 5) is 0. The first-order valence-corrected chi connectivity index (χ1v) is 7.15. The number of rotatable bonds is 5. The van der Waals surface area contributed by atoms with Gasteiger partial charge in [-0.25, -0.2) is 0 Å². The number of benzene rings is 2. The van der Waals surface area contributed by atoms with Crippen molar-refractivity contribution < 1.29 is 4.74 Å². The van der Waals surface area contributed by atoms with E-state index < -0.39 is 0 Å². The average molecular weight is 326 g/mol.